The van der Waals surface area contributed by atoms with Crippen LogP contribution >= 0.6 is 0 Å². The molecule has 100 valence electrons. The molecular weight excluding hydrogens is 212 g/mol. The first-order chi connectivity index (χ1) is 7.65. The molecular formula is C11H26O5. The minimum absolute atomic E-state index is 0.0335. The topological polar surface area (TPSA) is 101 Å². The number of hydrogen-bond donors (Lipinski definition) is 5. The number of aliphatic hydroxyl groups is 5. The highest BCUT2D eigenvalue weighted by atomic mass is 16.3. The van der Waals surface area contributed by atoms with E-state index in [0.717, 1.165) is 19.3 Å². The molecule has 16 heavy (non-hydrogen) atoms. The summed E-state index contributed by atoms with van der Waals surface area (Å²) in [4.78, 5) is 0. The van der Waals surface area contributed by atoms with E-state index in [4.69, 9.17) is 25.5 Å². The predicted molar refractivity (Wildman–Crippen MR) is 62.0 cm³/mol. The first-order valence-corrected chi connectivity index (χ1v) is 5.77. The van der Waals surface area contributed by atoms with E-state index in [0.29, 0.717) is 6.42 Å². The van der Waals surface area contributed by atoms with Crippen LogP contribution in [0.3, 0.4) is 0 Å². The lowest BCUT2D eigenvalue weighted by molar-refractivity contribution is 0.0865. The highest BCUT2D eigenvalue weighted by Gasteiger charge is 2.02. The van der Waals surface area contributed by atoms with E-state index in [2.05, 4.69) is 6.92 Å². The number of hydrogen-bond acceptors (Lipinski definition) is 5. The molecule has 0 aromatic carbocycles. The zero-order valence-electron chi connectivity index (χ0n) is 10.0. The van der Waals surface area contributed by atoms with E-state index in [-0.39, 0.29) is 32.3 Å². The van der Waals surface area contributed by atoms with E-state index in [1.54, 1.807) is 0 Å². The molecule has 0 saturated carbocycles. The van der Waals surface area contributed by atoms with Crippen LogP contribution in [0.4, 0.5) is 0 Å². The molecule has 0 saturated heterocycles. The molecule has 0 bridgehead atoms. The molecule has 0 rings (SSSR count). The van der Waals surface area contributed by atoms with Gasteiger partial charge in [-0.05, 0) is 12.8 Å². The number of rotatable bonds is 8. The number of unbranched alkanes of at least 4 members (excludes halogenated alkanes) is 1. The zero-order chi connectivity index (χ0) is 12.8. The molecule has 5 N–H and O–H groups in total. The van der Waals surface area contributed by atoms with Gasteiger partial charge in [-0.3, -0.25) is 0 Å². The summed E-state index contributed by atoms with van der Waals surface area (Å²) in [5.41, 5.74) is 0. The SMILES string of the molecule is CCCCC(O)CO.OCCC(CO)CO. The van der Waals surface area contributed by atoms with Gasteiger partial charge < -0.3 is 25.5 Å². The van der Waals surface area contributed by atoms with Crippen LogP contribution in [0.5, 0.6) is 0 Å². The van der Waals surface area contributed by atoms with E-state index < -0.39 is 6.10 Å². The average molecular weight is 238 g/mol. The summed E-state index contributed by atoms with van der Waals surface area (Å²) >= 11 is 0. The van der Waals surface area contributed by atoms with Crippen molar-refractivity contribution in [3.8, 4) is 0 Å². The molecule has 0 aliphatic rings. The molecule has 0 fully saturated rings. The second kappa shape index (κ2) is 14.8. The summed E-state index contributed by atoms with van der Waals surface area (Å²) in [7, 11) is 0. The molecule has 5 heteroatoms. The van der Waals surface area contributed by atoms with Crippen molar-refractivity contribution in [2.24, 2.45) is 5.92 Å². The Labute approximate surface area is 97.4 Å². The van der Waals surface area contributed by atoms with Crippen LogP contribution in [0.15, 0.2) is 0 Å². The third kappa shape index (κ3) is 13.8. The van der Waals surface area contributed by atoms with Crippen LogP contribution in [-0.4, -0.2) is 58.1 Å². The van der Waals surface area contributed by atoms with E-state index in [1.165, 1.54) is 0 Å². The van der Waals surface area contributed by atoms with Gasteiger partial charge in [0.2, 0.25) is 0 Å². The van der Waals surface area contributed by atoms with Crippen molar-refractivity contribution in [3.05, 3.63) is 0 Å². The molecule has 0 aliphatic carbocycles. The molecule has 0 aliphatic heterocycles. The standard InChI is InChI=1S/C6H14O2.C5H12O3/c1-2-3-4-6(8)5-7;6-2-1-5(3-7)4-8/h6-8H,2-5H2,1H3;5-8H,1-4H2. The lowest BCUT2D eigenvalue weighted by Gasteiger charge is -2.06. The quantitative estimate of drug-likeness (QED) is 0.392. The summed E-state index contributed by atoms with van der Waals surface area (Å²) < 4.78 is 0. The molecule has 0 aromatic rings. The molecule has 0 spiro atoms. The molecule has 1 unspecified atom stereocenters. The summed E-state index contributed by atoms with van der Waals surface area (Å²) in [6.07, 6.45) is 2.80. The lowest BCUT2D eigenvalue weighted by Crippen LogP contribution is -2.12. The van der Waals surface area contributed by atoms with Crippen LogP contribution in [0, 0.1) is 5.92 Å². The molecule has 1 atom stereocenters. The van der Waals surface area contributed by atoms with Crippen molar-refractivity contribution >= 4 is 0 Å². The third-order valence-electron chi connectivity index (χ3n) is 2.16. The van der Waals surface area contributed by atoms with Crippen LogP contribution < -0.4 is 0 Å². The van der Waals surface area contributed by atoms with Gasteiger partial charge in [0.15, 0.2) is 0 Å². The van der Waals surface area contributed by atoms with E-state index in [1.807, 2.05) is 0 Å². The van der Waals surface area contributed by atoms with Gasteiger partial charge >= 0.3 is 0 Å². The van der Waals surface area contributed by atoms with Crippen molar-refractivity contribution in [1.82, 2.24) is 0 Å². The van der Waals surface area contributed by atoms with Crippen molar-refractivity contribution in [2.75, 3.05) is 26.4 Å². The average Bonchev–Trinajstić information content (AvgIpc) is 2.33. The number of aliphatic hydroxyl groups excluding tert-OH is 5. The Balaban J connectivity index is 0. The third-order valence-corrected chi connectivity index (χ3v) is 2.16. The first kappa shape index (κ1) is 18.2. The van der Waals surface area contributed by atoms with Crippen LogP contribution in [0.2, 0.25) is 0 Å². The Morgan fingerprint density at radius 2 is 1.44 bits per heavy atom. The molecule has 0 radical (unpaired) electrons. The van der Waals surface area contributed by atoms with Gasteiger partial charge in [-0.1, -0.05) is 19.8 Å². The van der Waals surface area contributed by atoms with Gasteiger partial charge in [-0.15, -0.1) is 0 Å². The molecule has 0 heterocycles. The monoisotopic (exact) mass is 238 g/mol. The highest BCUT2D eigenvalue weighted by Crippen LogP contribution is 1.98. The van der Waals surface area contributed by atoms with Gasteiger partial charge in [-0.25, -0.2) is 0 Å². The van der Waals surface area contributed by atoms with Crippen LogP contribution in [-0.2, 0) is 0 Å². The fraction of sp³-hybridized carbons (Fsp3) is 1.00. The van der Waals surface area contributed by atoms with Crippen molar-refractivity contribution in [3.63, 3.8) is 0 Å². The van der Waals surface area contributed by atoms with Crippen molar-refractivity contribution in [2.45, 2.75) is 38.7 Å². The first-order valence-electron chi connectivity index (χ1n) is 5.77. The smallest absolute Gasteiger partial charge is 0.0770 e. The normalized spacial score (nSPS) is 12.2. The summed E-state index contributed by atoms with van der Waals surface area (Å²) in [6.45, 7) is 1.91. The minimum atomic E-state index is -0.491. The van der Waals surface area contributed by atoms with Gasteiger partial charge in [0.25, 0.3) is 0 Å². The van der Waals surface area contributed by atoms with Crippen LogP contribution in [0.1, 0.15) is 32.6 Å². The van der Waals surface area contributed by atoms with E-state index >= 15 is 0 Å². The molecule has 5 nitrogen and oxygen atoms in total. The van der Waals surface area contributed by atoms with Gasteiger partial charge in [-0.2, -0.15) is 0 Å². The Kier molecular flexibility index (Phi) is 16.8. The van der Waals surface area contributed by atoms with Crippen molar-refractivity contribution in [1.29, 1.82) is 0 Å². The molecule has 0 amide bonds. The Morgan fingerprint density at radius 1 is 0.875 bits per heavy atom. The predicted octanol–water partition coefficient (Wildman–Crippen LogP) is -0.501. The zero-order valence-corrected chi connectivity index (χ0v) is 10.0. The largest absolute Gasteiger partial charge is 0.396 e. The van der Waals surface area contributed by atoms with Gasteiger partial charge in [0.1, 0.15) is 0 Å². The molecule has 0 aromatic heterocycles. The minimum Gasteiger partial charge on any atom is -0.396 e. The summed E-state index contributed by atoms with van der Waals surface area (Å²) in [6, 6.07) is 0. The fourth-order valence-corrected chi connectivity index (χ4v) is 0.954. The van der Waals surface area contributed by atoms with Crippen LogP contribution in [0.25, 0.3) is 0 Å². The summed E-state index contributed by atoms with van der Waals surface area (Å²) in [5.74, 6) is -0.139. The van der Waals surface area contributed by atoms with Crippen molar-refractivity contribution < 1.29 is 25.5 Å². The highest BCUT2D eigenvalue weighted by molar-refractivity contribution is 4.52. The maximum absolute atomic E-state index is 8.74. The second-order valence-corrected chi connectivity index (χ2v) is 3.72. The maximum Gasteiger partial charge on any atom is 0.0770 e. The maximum atomic E-state index is 8.74. The Hall–Kier alpha value is -0.200. The van der Waals surface area contributed by atoms with Gasteiger partial charge in [0, 0.05) is 25.7 Å². The van der Waals surface area contributed by atoms with E-state index in [9.17, 15) is 0 Å². The second-order valence-electron chi connectivity index (χ2n) is 3.72. The summed E-state index contributed by atoms with van der Waals surface area (Å²) in [5, 5.41) is 42.1. The fourth-order valence-electron chi connectivity index (χ4n) is 0.954. The lowest BCUT2D eigenvalue weighted by atomic mass is 10.1. The Bertz CT molecular complexity index is 117. The Morgan fingerprint density at radius 3 is 1.69 bits per heavy atom. The van der Waals surface area contributed by atoms with Gasteiger partial charge in [0.05, 0.1) is 12.7 Å².